The van der Waals surface area contributed by atoms with Crippen molar-refractivity contribution in [3.05, 3.63) is 33.8 Å². The fraction of sp³-hybridized carbons (Fsp3) is 0.625. The fourth-order valence-electron chi connectivity index (χ4n) is 2.87. The van der Waals surface area contributed by atoms with Gasteiger partial charge in [-0.3, -0.25) is 0 Å². The standard InChI is InChI=1S/C16H23Cl2NO/c1-12(14-7-6-13(17)10-15(14)18)19-11-16(20)8-4-2-3-5-9-16/h6-7,10,12,19-20H,2-5,8-9,11H2,1H3. The first-order valence-electron chi connectivity index (χ1n) is 7.41. The van der Waals surface area contributed by atoms with Crippen LogP contribution in [0.3, 0.4) is 0 Å². The highest BCUT2D eigenvalue weighted by Crippen LogP contribution is 2.29. The Balaban J connectivity index is 1.95. The van der Waals surface area contributed by atoms with Crippen molar-refractivity contribution < 1.29 is 5.11 Å². The number of benzene rings is 1. The smallest absolute Gasteiger partial charge is 0.0771 e. The summed E-state index contributed by atoms with van der Waals surface area (Å²) in [5.41, 5.74) is 0.456. The summed E-state index contributed by atoms with van der Waals surface area (Å²) < 4.78 is 0. The molecule has 1 aliphatic carbocycles. The molecule has 20 heavy (non-hydrogen) atoms. The molecule has 2 rings (SSSR count). The first-order chi connectivity index (χ1) is 9.50. The number of halogens is 2. The number of hydrogen-bond donors (Lipinski definition) is 2. The number of rotatable bonds is 4. The maximum absolute atomic E-state index is 10.6. The van der Waals surface area contributed by atoms with Gasteiger partial charge in [0.15, 0.2) is 0 Å². The molecule has 2 N–H and O–H groups in total. The van der Waals surface area contributed by atoms with Gasteiger partial charge in [-0.25, -0.2) is 0 Å². The van der Waals surface area contributed by atoms with Gasteiger partial charge >= 0.3 is 0 Å². The molecule has 0 spiro atoms. The van der Waals surface area contributed by atoms with Crippen LogP contribution in [-0.4, -0.2) is 17.3 Å². The Labute approximate surface area is 131 Å². The predicted molar refractivity (Wildman–Crippen MR) is 85.5 cm³/mol. The normalized spacial score (nSPS) is 20.4. The summed E-state index contributed by atoms with van der Waals surface area (Å²) in [6.07, 6.45) is 6.49. The molecule has 1 aromatic carbocycles. The van der Waals surface area contributed by atoms with Crippen LogP contribution in [0.15, 0.2) is 18.2 Å². The minimum absolute atomic E-state index is 0.104. The van der Waals surface area contributed by atoms with Crippen LogP contribution in [-0.2, 0) is 0 Å². The van der Waals surface area contributed by atoms with E-state index in [2.05, 4.69) is 12.2 Å². The third-order valence-electron chi connectivity index (χ3n) is 4.20. The van der Waals surface area contributed by atoms with Crippen LogP contribution < -0.4 is 5.32 Å². The van der Waals surface area contributed by atoms with Gasteiger partial charge in [0, 0.05) is 22.6 Å². The molecule has 2 nitrogen and oxygen atoms in total. The summed E-state index contributed by atoms with van der Waals surface area (Å²) in [6.45, 7) is 2.68. The molecular formula is C16H23Cl2NO. The van der Waals surface area contributed by atoms with Crippen molar-refractivity contribution in [1.82, 2.24) is 5.32 Å². The molecule has 1 saturated carbocycles. The minimum atomic E-state index is -0.566. The van der Waals surface area contributed by atoms with Crippen LogP contribution in [0, 0.1) is 0 Å². The Hall–Kier alpha value is -0.280. The molecule has 1 aromatic rings. The van der Waals surface area contributed by atoms with Crippen LogP contribution in [0.2, 0.25) is 10.0 Å². The van der Waals surface area contributed by atoms with E-state index in [1.165, 1.54) is 12.8 Å². The van der Waals surface area contributed by atoms with E-state index < -0.39 is 5.60 Å². The Bertz CT molecular complexity index is 442. The molecular weight excluding hydrogens is 293 g/mol. The van der Waals surface area contributed by atoms with Gasteiger partial charge < -0.3 is 10.4 Å². The first kappa shape index (κ1) is 16.1. The summed E-state index contributed by atoms with van der Waals surface area (Å²) in [7, 11) is 0. The van der Waals surface area contributed by atoms with Crippen molar-refractivity contribution in [3.63, 3.8) is 0 Å². The molecule has 0 aliphatic heterocycles. The average Bonchev–Trinajstić information content (AvgIpc) is 2.61. The summed E-state index contributed by atoms with van der Waals surface area (Å²) in [5.74, 6) is 0. The molecule has 0 heterocycles. The maximum Gasteiger partial charge on any atom is 0.0771 e. The fourth-order valence-corrected chi connectivity index (χ4v) is 3.44. The summed E-state index contributed by atoms with van der Waals surface area (Å²) in [4.78, 5) is 0. The topological polar surface area (TPSA) is 32.3 Å². The second-order valence-electron chi connectivity index (χ2n) is 5.91. The Kier molecular flexibility index (Phi) is 5.74. The monoisotopic (exact) mass is 315 g/mol. The second-order valence-corrected chi connectivity index (χ2v) is 6.75. The molecule has 0 aromatic heterocycles. The van der Waals surface area contributed by atoms with Gasteiger partial charge in [0.05, 0.1) is 5.60 Å². The molecule has 0 bridgehead atoms. The lowest BCUT2D eigenvalue weighted by Crippen LogP contribution is -2.41. The number of hydrogen-bond acceptors (Lipinski definition) is 2. The van der Waals surface area contributed by atoms with E-state index >= 15 is 0 Å². The average molecular weight is 316 g/mol. The molecule has 0 saturated heterocycles. The zero-order chi connectivity index (χ0) is 14.6. The predicted octanol–water partition coefficient (Wildman–Crippen LogP) is 4.73. The van der Waals surface area contributed by atoms with Crippen LogP contribution in [0.5, 0.6) is 0 Å². The molecule has 1 unspecified atom stereocenters. The van der Waals surface area contributed by atoms with E-state index in [1.54, 1.807) is 6.07 Å². The van der Waals surface area contributed by atoms with E-state index in [9.17, 15) is 5.11 Å². The molecule has 1 atom stereocenters. The van der Waals surface area contributed by atoms with Crippen LogP contribution in [0.4, 0.5) is 0 Å². The molecule has 1 fully saturated rings. The van der Waals surface area contributed by atoms with Gasteiger partial charge in [-0.05, 0) is 37.5 Å². The summed E-state index contributed by atoms with van der Waals surface area (Å²) in [6, 6.07) is 5.66. The van der Waals surface area contributed by atoms with Crippen molar-refractivity contribution in [2.75, 3.05) is 6.54 Å². The highest BCUT2D eigenvalue weighted by atomic mass is 35.5. The highest BCUT2D eigenvalue weighted by Gasteiger charge is 2.28. The third kappa shape index (κ3) is 4.36. The molecule has 0 amide bonds. The lowest BCUT2D eigenvalue weighted by molar-refractivity contribution is 0.0231. The van der Waals surface area contributed by atoms with Crippen molar-refractivity contribution in [1.29, 1.82) is 0 Å². The SMILES string of the molecule is CC(NCC1(O)CCCCCC1)c1ccc(Cl)cc1Cl. The van der Waals surface area contributed by atoms with Gasteiger partial charge in [-0.15, -0.1) is 0 Å². The van der Waals surface area contributed by atoms with Gasteiger partial charge in [0.1, 0.15) is 0 Å². The Morgan fingerprint density at radius 3 is 2.45 bits per heavy atom. The minimum Gasteiger partial charge on any atom is -0.389 e. The van der Waals surface area contributed by atoms with Gasteiger partial charge in [0.25, 0.3) is 0 Å². The van der Waals surface area contributed by atoms with E-state index in [0.29, 0.717) is 16.6 Å². The van der Waals surface area contributed by atoms with Crippen molar-refractivity contribution in [2.24, 2.45) is 0 Å². The molecule has 0 radical (unpaired) electrons. The number of aliphatic hydroxyl groups is 1. The Morgan fingerprint density at radius 2 is 1.85 bits per heavy atom. The van der Waals surface area contributed by atoms with Crippen molar-refractivity contribution in [3.8, 4) is 0 Å². The third-order valence-corrected chi connectivity index (χ3v) is 4.76. The summed E-state index contributed by atoms with van der Waals surface area (Å²) in [5, 5.41) is 15.4. The lowest BCUT2D eigenvalue weighted by Gasteiger charge is -2.29. The van der Waals surface area contributed by atoms with Gasteiger partial charge in [-0.1, -0.05) is 55.0 Å². The van der Waals surface area contributed by atoms with E-state index in [-0.39, 0.29) is 6.04 Å². The van der Waals surface area contributed by atoms with Gasteiger partial charge in [-0.2, -0.15) is 0 Å². The molecule has 112 valence electrons. The van der Waals surface area contributed by atoms with E-state index in [4.69, 9.17) is 23.2 Å². The quantitative estimate of drug-likeness (QED) is 0.787. The second kappa shape index (κ2) is 7.13. The van der Waals surface area contributed by atoms with Crippen LogP contribution in [0.25, 0.3) is 0 Å². The first-order valence-corrected chi connectivity index (χ1v) is 8.16. The Morgan fingerprint density at radius 1 is 1.20 bits per heavy atom. The zero-order valence-corrected chi connectivity index (χ0v) is 13.5. The van der Waals surface area contributed by atoms with Crippen LogP contribution in [0.1, 0.15) is 57.1 Å². The molecule has 4 heteroatoms. The summed E-state index contributed by atoms with van der Waals surface area (Å²) >= 11 is 12.1. The lowest BCUT2D eigenvalue weighted by atomic mass is 9.94. The largest absolute Gasteiger partial charge is 0.389 e. The van der Waals surface area contributed by atoms with Crippen LogP contribution >= 0.6 is 23.2 Å². The van der Waals surface area contributed by atoms with Crippen molar-refractivity contribution in [2.45, 2.75) is 57.1 Å². The number of nitrogens with one attached hydrogen (secondary N) is 1. The van der Waals surface area contributed by atoms with Crippen molar-refractivity contribution >= 4 is 23.2 Å². The molecule has 1 aliphatic rings. The van der Waals surface area contributed by atoms with E-state index in [1.807, 2.05) is 12.1 Å². The highest BCUT2D eigenvalue weighted by molar-refractivity contribution is 6.35. The van der Waals surface area contributed by atoms with E-state index in [0.717, 1.165) is 31.2 Å². The maximum atomic E-state index is 10.6. The van der Waals surface area contributed by atoms with Gasteiger partial charge in [0.2, 0.25) is 0 Å². The zero-order valence-electron chi connectivity index (χ0n) is 12.0.